The number of hydrogen-bond acceptors (Lipinski definition) is 4. The van der Waals surface area contributed by atoms with Gasteiger partial charge in [-0.1, -0.05) is 20.8 Å². The highest BCUT2D eigenvalue weighted by Crippen LogP contribution is 2.35. The highest BCUT2D eigenvalue weighted by Gasteiger charge is 2.35. The monoisotopic (exact) mass is 491 g/mol. The molecule has 2 aromatic carbocycles. The average Bonchev–Trinajstić information content (AvgIpc) is 2.78. The third-order valence-electron chi connectivity index (χ3n) is 6.22. The maximum Gasteiger partial charge on any atom is 0.416 e. The molecule has 5 nitrogen and oxygen atoms in total. The lowest BCUT2D eigenvalue weighted by Gasteiger charge is -2.39. The van der Waals surface area contributed by atoms with Crippen LogP contribution in [0.5, 0.6) is 11.5 Å². The Morgan fingerprint density at radius 3 is 2.23 bits per heavy atom. The largest absolute Gasteiger partial charge is 0.457 e. The van der Waals surface area contributed by atoms with Crippen LogP contribution in [0.15, 0.2) is 42.5 Å². The fourth-order valence-electron chi connectivity index (χ4n) is 4.46. The first-order valence-electron chi connectivity index (χ1n) is 11.9. The average molecular weight is 492 g/mol. The van der Waals surface area contributed by atoms with Crippen molar-refractivity contribution in [1.82, 2.24) is 4.90 Å². The molecule has 1 aliphatic rings. The highest BCUT2D eigenvalue weighted by molar-refractivity contribution is 5.95. The predicted octanol–water partition coefficient (Wildman–Crippen LogP) is 6.03. The molecular formula is C27H32F3NO4. The summed E-state index contributed by atoms with van der Waals surface area (Å²) >= 11 is 0. The molecule has 0 aliphatic carbocycles. The van der Waals surface area contributed by atoms with Crippen LogP contribution in [-0.2, 0) is 17.4 Å². The van der Waals surface area contributed by atoms with Crippen molar-refractivity contribution in [2.45, 2.75) is 64.7 Å². The van der Waals surface area contributed by atoms with Crippen LogP contribution in [0.3, 0.4) is 0 Å². The number of likely N-dealkylation sites (tertiary alicyclic amines) is 1. The Balaban J connectivity index is 1.74. The molecule has 1 N–H and O–H groups in total. The summed E-state index contributed by atoms with van der Waals surface area (Å²) in [5, 5.41) is 10.7. The first-order chi connectivity index (χ1) is 16.4. The molecule has 1 heterocycles. The third kappa shape index (κ3) is 7.31. The van der Waals surface area contributed by atoms with Crippen LogP contribution in [0.4, 0.5) is 13.2 Å². The summed E-state index contributed by atoms with van der Waals surface area (Å²) in [5.74, 6) is 0.243. The molecule has 0 aromatic heterocycles. The molecule has 1 amide bonds. The van der Waals surface area contributed by atoms with Crippen molar-refractivity contribution in [2.75, 3.05) is 13.1 Å². The highest BCUT2D eigenvalue weighted by atomic mass is 19.4. The summed E-state index contributed by atoms with van der Waals surface area (Å²) in [6.45, 7) is 6.54. The van der Waals surface area contributed by atoms with Gasteiger partial charge in [0.25, 0.3) is 0 Å². The van der Waals surface area contributed by atoms with E-state index < -0.39 is 17.3 Å². The van der Waals surface area contributed by atoms with Crippen LogP contribution >= 0.6 is 0 Å². The Labute approximate surface area is 203 Å². The summed E-state index contributed by atoms with van der Waals surface area (Å²) in [5.41, 5.74) is -1.02. The number of hydrogen-bond donors (Lipinski definition) is 1. The molecule has 0 spiro atoms. The van der Waals surface area contributed by atoms with E-state index in [9.17, 15) is 27.9 Å². The molecule has 1 saturated heterocycles. The second-order valence-corrected chi connectivity index (χ2v) is 9.65. The summed E-state index contributed by atoms with van der Waals surface area (Å²) < 4.78 is 46.2. The van der Waals surface area contributed by atoms with E-state index in [-0.39, 0.29) is 35.2 Å². The maximum atomic E-state index is 13.5. The molecule has 0 radical (unpaired) electrons. The first-order valence-corrected chi connectivity index (χ1v) is 11.9. The van der Waals surface area contributed by atoms with Gasteiger partial charge in [-0.3, -0.25) is 9.59 Å². The number of nitrogens with zero attached hydrogens (tertiary/aromatic N) is 1. The Kier molecular flexibility index (Phi) is 8.26. The zero-order valence-corrected chi connectivity index (χ0v) is 20.3. The smallest absolute Gasteiger partial charge is 0.416 e. The van der Waals surface area contributed by atoms with Crippen molar-refractivity contribution in [1.29, 1.82) is 0 Å². The van der Waals surface area contributed by atoms with Gasteiger partial charge < -0.3 is 14.7 Å². The topological polar surface area (TPSA) is 66.8 Å². The van der Waals surface area contributed by atoms with Gasteiger partial charge in [0, 0.05) is 25.1 Å². The number of ketones is 1. The molecule has 2 aromatic rings. The van der Waals surface area contributed by atoms with Gasteiger partial charge in [-0.25, -0.2) is 0 Å². The molecule has 0 bridgehead atoms. The van der Waals surface area contributed by atoms with E-state index in [1.54, 1.807) is 24.0 Å². The standard InChI is InChI=1S/C27H32F3NO4/c1-4-24(32)20-5-7-22(8-6-20)35-23-14-19(13-21(16-23)27(28,29)30)15-25(33)31-11-9-26(34,10-12-31)17-18(2)3/h5-8,13-14,16,18,34H,4,9-12,15,17H2,1-3H3. The van der Waals surface area contributed by atoms with E-state index in [0.717, 1.165) is 12.1 Å². The zero-order valence-electron chi connectivity index (χ0n) is 20.3. The molecule has 0 saturated carbocycles. The van der Waals surface area contributed by atoms with Crippen molar-refractivity contribution in [3.8, 4) is 11.5 Å². The van der Waals surface area contributed by atoms with Crippen LogP contribution < -0.4 is 4.74 Å². The zero-order chi connectivity index (χ0) is 25.8. The van der Waals surface area contributed by atoms with Crippen LogP contribution in [0.1, 0.15) is 67.9 Å². The molecule has 1 aliphatic heterocycles. The number of amides is 1. The van der Waals surface area contributed by atoms with Crippen molar-refractivity contribution in [3.05, 3.63) is 59.2 Å². The molecule has 3 rings (SSSR count). The van der Waals surface area contributed by atoms with Gasteiger partial charge in [0.2, 0.25) is 5.91 Å². The number of benzene rings is 2. The molecule has 0 atom stereocenters. The Bertz CT molecular complexity index is 1040. The number of rotatable bonds is 8. The van der Waals surface area contributed by atoms with Crippen LogP contribution in [0, 0.1) is 5.92 Å². The molecule has 0 unspecified atom stereocenters. The molecule has 190 valence electrons. The Hall–Kier alpha value is -2.87. The van der Waals surface area contributed by atoms with Crippen LogP contribution in [0.25, 0.3) is 0 Å². The quantitative estimate of drug-likeness (QED) is 0.458. The maximum absolute atomic E-state index is 13.5. The van der Waals surface area contributed by atoms with Crippen molar-refractivity contribution >= 4 is 11.7 Å². The van der Waals surface area contributed by atoms with Gasteiger partial charge in [0.15, 0.2) is 5.78 Å². The fraction of sp³-hybridized carbons (Fsp3) is 0.481. The van der Waals surface area contributed by atoms with Gasteiger partial charge in [0.1, 0.15) is 11.5 Å². The van der Waals surface area contributed by atoms with Crippen LogP contribution in [0.2, 0.25) is 0 Å². The van der Waals surface area contributed by atoms with E-state index >= 15 is 0 Å². The number of ether oxygens (including phenoxy) is 1. The minimum absolute atomic E-state index is 0.0397. The number of carbonyl (C=O) groups is 2. The number of aliphatic hydroxyl groups is 1. The second kappa shape index (κ2) is 10.8. The minimum Gasteiger partial charge on any atom is -0.457 e. The van der Waals surface area contributed by atoms with Crippen LogP contribution in [-0.4, -0.2) is 40.4 Å². The van der Waals surface area contributed by atoms with E-state index in [0.29, 0.717) is 50.3 Å². The summed E-state index contributed by atoms with van der Waals surface area (Å²) in [7, 11) is 0. The lowest BCUT2D eigenvalue weighted by atomic mass is 9.84. The SMILES string of the molecule is CCC(=O)c1ccc(Oc2cc(CC(=O)N3CCC(O)(CC(C)C)CC3)cc(C(F)(F)F)c2)cc1. The van der Waals surface area contributed by atoms with E-state index in [2.05, 4.69) is 0 Å². The molecular weight excluding hydrogens is 459 g/mol. The van der Waals surface area contributed by atoms with Gasteiger partial charge in [-0.15, -0.1) is 0 Å². The van der Waals surface area contributed by atoms with E-state index in [1.807, 2.05) is 13.8 Å². The van der Waals surface area contributed by atoms with Crippen molar-refractivity contribution in [2.24, 2.45) is 5.92 Å². The number of Topliss-reactive ketones (excluding diaryl/α,β-unsaturated/α-hetero) is 1. The van der Waals surface area contributed by atoms with Gasteiger partial charge in [-0.2, -0.15) is 13.2 Å². The van der Waals surface area contributed by atoms with Gasteiger partial charge in [0.05, 0.1) is 17.6 Å². The summed E-state index contributed by atoms with van der Waals surface area (Å²) in [6.07, 6.45) is -2.91. The van der Waals surface area contributed by atoms with Crippen molar-refractivity contribution < 1.29 is 32.6 Å². The number of carbonyl (C=O) groups excluding carboxylic acids is 2. The number of halogens is 3. The third-order valence-corrected chi connectivity index (χ3v) is 6.22. The number of piperidine rings is 1. The minimum atomic E-state index is -4.60. The van der Waals surface area contributed by atoms with E-state index in [1.165, 1.54) is 18.2 Å². The normalized spacial score (nSPS) is 15.8. The Morgan fingerprint density at radius 2 is 1.69 bits per heavy atom. The Morgan fingerprint density at radius 1 is 1.06 bits per heavy atom. The summed E-state index contributed by atoms with van der Waals surface area (Å²) in [6, 6.07) is 9.47. The lowest BCUT2D eigenvalue weighted by Crippen LogP contribution is -2.47. The molecule has 8 heteroatoms. The predicted molar refractivity (Wildman–Crippen MR) is 127 cm³/mol. The molecule has 1 fully saturated rings. The second-order valence-electron chi connectivity index (χ2n) is 9.65. The fourth-order valence-corrected chi connectivity index (χ4v) is 4.46. The number of alkyl halides is 3. The summed E-state index contributed by atoms with van der Waals surface area (Å²) in [4.78, 5) is 26.2. The van der Waals surface area contributed by atoms with E-state index in [4.69, 9.17) is 4.74 Å². The van der Waals surface area contributed by atoms with Crippen molar-refractivity contribution in [3.63, 3.8) is 0 Å². The van der Waals surface area contributed by atoms with Gasteiger partial charge in [-0.05, 0) is 73.2 Å². The molecule has 35 heavy (non-hydrogen) atoms. The van der Waals surface area contributed by atoms with Gasteiger partial charge >= 0.3 is 6.18 Å². The first kappa shape index (κ1) is 26.7. The lowest BCUT2D eigenvalue weighted by molar-refractivity contribution is -0.138.